The highest BCUT2D eigenvalue weighted by Gasteiger charge is 2.10. The molecule has 0 heterocycles. The van der Waals surface area contributed by atoms with Crippen molar-refractivity contribution in [3.63, 3.8) is 0 Å². The standard InChI is InChI=1S/C8H7BrINO/c1-4-2-5(9)7(8(11)12)6(10)3-4/h2-3H,1H3,(H2,11,12). The van der Waals surface area contributed by atoms with Gasteiger partial charge in [0.15, 0.2) is 0 Å². The van der Waals surface area contributed by atoms with E-state index in [0.29, 0.717) is 5.56 Å². The van der Waals surface area contributed by atoms with Crippen LogP contribution in [0.15, 0.2) is 16.6 Å². The number of aryl methyl sites for hydroxylation is 1. The average Bonchev–Trinajstić information content (AvgIpc) is 1.82. The first-order valence-electron chi connectivity index (χ1n) is 3.28. The van der Waals surface area contributed by atoms with Crippen molar-refractivity contribution in [1.29, 1.82) is 0 Å². The normalized spacial score (nSPS) is 9.92. The largest absolute Gasteiger partial charge is 0.366 e. The van der Waals surface area contributed by atoms with Gasteiger partial charge in [0.2, 0.25) is 0 Å². The molecular formula is C8H7BrINO. The van der Waals surface area contributed by atoms with Gasteiger partial charge in [0.05, 0.1) is 5.56 Å². The molecule has 0 spiro atoms. The van der Waals surface area contributed by atoms with Gasteiger partial charge in [-0.3, -0.25) is 4.79 Å². The van der Waals surface area contributed by atoms with Crippen molar-refractivity contribution in [2.45, 2.75) is 6.92 Å². The SMILES string of the molecule is Cc1cc(Br)c(C(N)=O)c(I)c1. The number of hydrogen-bond donors (Lipinski definition) is 1. The summed E-state index contributed by atoms with van der Waals surface area (Å²) >= 11 is 5.39. The summed E-state index contributed by atoms with van der Waals surface area (Å²) in [5.41, 5.74) is 6.86. The van der Waals surface area contributed by atoms with Crippen LogP contribution in [0.5, 0.6) is 0 Å². The molecule has 1 aromatic rings. The van der Waals surface area contributed by atoms with Gasteiger partial charge in [-0.05, 0) is 63.1 Å². The van der Waals surface area contributed by atoms with E-state index in [-0.39, 0.29) is 0 Å². The maximum atomic E-state index is 10.9. The van der Waals surface area contributed by atoms with E-state index < -0.39 is 5.91 Å². The Balaban J connectivity index is 3.38. The minimum absolute atomic E-state index is 0.397. The first-order valence-corrected chi connectivity index (χ1v) is 5.15. The molecule has 0 saturated heterocycles. The fourth-order valence-corrected chi connectivity index (χ4v) is 3.12. The molecule has 2 N–H and O–H groups in total. The first kappa shape index (κ1) is 9.98. The predicted octanol–water partition coefficient (Wildman–Crippen LogP) is 2.46. The summed E-state index contributed by atoms with van der Waals surface area (Å²) < 4.78 is 1.64. The lowest BCUT2D eigenvalue weighted by Gasteiger charge is -2.04. The van der Waals surface area contributed by atoms with E-state index in [1.165, 1.54) is 0 Å². The molecule has 0 aliphatic carbocycles. The molecule has 12 heavy (non-hydrogen) atoms. The number of nitrogens with two attached hydrogens (primary N) is 1. The third kappa shape index (κ3) is 1.98. The lowest BCUT2D eigenvalue weighted by Crippen LogP contribution is -2.13. The minimum Gasteiger partial charge on any atom is -0.366 e. The van der Waals surface area contributed by atoms with Crippen molar-refractivity contribution >= 4 is 44.4 Å². The number of carbonyl (C=O) groups is 1. The molecule has 64 valence electrons. The number of primary amides is 1. The zero-order chi connectivity index (χ0) is 9.30. The van der Waals surface area contributed by atoms with Crippen molar-refractivity contribution in [2.75, 3.05) is 0 Å². The van der Waals surface area contributed by atoms with Crippen molar-refractivity contribution in [2.24, 2.45) is 5.73 Å². The summed E-state index contributed by atoms with van der Waals surface area (Å²) in [4.78, 5) is 10.9. The van der Waals surface area contributed by atoms with Crippen LogP contribution >= 0.6 is 38.5 Å². The van der Waals surface area contributed by atoms with Crippen LogP contribution < -0.4 is 5.73 Å². The van der Waals surface area contributed by atoms with Gasteiger partial charge >= 0.3 is 0 Å². The van der Waals surface area contributed by atoms with E-state index in [9.17, 15) is 4.79 Å². The Bertz CT molecular complexity index is 315. The van der Waals surface area contributed by atoms with Crippen LogP contribution in [-0.4, -0.2) is 5.91 Å². The maximum Gasteiger partial charge on any atom is 0.250 e. The monoisotopic (exact) mass is 339 g/mol. The second kappa shape index (κ2) is 3.74. The van der Waals surface area contributed by atoms with E-state index in [1.54, 1.807) is 0 Å². The van der Waals surface area contributed by atoms with Crippen molar-refractivity contribution in [3.8, 4) is 0 Å². The molecule has 0 unspecified atom stereocenters. The maximum absolute atomic E-state index is 10.9. The van der Waals surface area contributed by atoms with Gasteiger partial charge in [-0.2, -0.15) is 0 Å². The zero-order valence-electron chi connectivity index (χ0n) is 6.40. The summed E-state index contributed by atoms with van der Waals surface area (Å²) in [6, 6.07) is 3.80. The fourth-order valence-electron chi connectivity index (χ4n) is 0.935. The fraction of sp³-hybridized carbons (Fsp3) is 0.125. The summed E-state index contributed by atoms with van der Waals surface area (Å²) in [5, 5.41) is 0. The Labute approximate surface area is 92.8 Å². The van der Waals surface area contributed by atoms with Crippen LogP contribution in [-0.2, 0) is 0 Å². The number of benzene rings is 1. The van der Waals surface area contributed by atoms with E-state index in [2.05, 4.69) is 38.5 Å². The minimum atomic E-state index is -0.397. The van der Waals surface area contributed by atoms with Crippen molar-refractivity contribution in [3.05, 3.63) is 31.3 Å². The van der Waals surface area contributed by atoms with Gasteiger partial charge in [-0.25, -0.2) is 0 Å². The second-order valence-corrected chi connectivity index (χ2v) is 4.48. The molecule has 0 fully saturated rings. The molecule has 0 radical (unpaired) electrons. The Morgan fingerprint density at radius 3 is 2.58 bits per heavy atom. The van der Waals surface area contributed by atoms with Gasteiger partial charge in [0, 0.05) is 8.04 Å². The molecular weight excluding hydrogens is 333 g/mol. The highest BCUT2D eigenvalue weighted by Crippen LogP contribution is 2.23. The molecule has 1 aromatic carbocycles. The quantitative estimate of drug-likeness (QED) is 0.785. The van der Waals surface area contributed by atoms with Gasteiger partial charge in [-0.1, -0.05) is 0 Å². The molecule has 2 nitrogen and oxygen atoms in total. The van der Waals surface area contributed by atoms with Gasteiger partial charge in [0.25, 0.3) is 5.91 Å². The van der Waals surface area contributed by atoms with Crippen LogP contribution in [0.3, 0.4) is 0 Å². The van der Waals surface area contributed by atoms with E-state index in [0.717, 1.165) is 13.6 Å². The number of rotatable bonds is 1. The van der Waals surface area contributed by atoms with Crippen LogP contribution in [0.4, 0.5) is 0 Å². The Morgan fingerprint density at radius 2 is 2.17 bits per heavy atom. The third-order valence-electron chi connectivity index (χ3n) is 1.43. The van der Waals surface area contributed by atoms with E-state index in [1.807, 2.05) is 19.1 Å². The Kier molecular flexibility index (Phi) is 3.11. The summed E-state index contributed by atoms with van der Waals surface area (Å²) in [6.45, 7) is 1.97. The molecule has 0 saturated carbocycles. The molecule has 1 amide bonds. The predicted molar refractivity (Wildman–Crippen MR) is 60.1 cm³/mol. The molecule has 4 heteroatoms. The van der Waals surface area contributed by atoms with Gasteiger partial charge in [-0.15, -0.1) is 0 Å². The molecule has 0 aliphatic rings. The topological polar surface area (TPSA) is 43.1 Å². The molecule has 1 rings (SSSR count). The molecule has 0 aromatic heterocycles. The molecule has 0 atom stereocenters. The second-order valence-electron chi connectivity index (χ2n) is 2.47. The lowest BCUT2D eigenvalue weighted by molar-refractivity contribution is 0.0998. The summed E-state index contributed by atoms with van der Waals surface area (Å²) in [5.74, 6) is -0.397. The highest BCUT2D eigenvalue weighted by molar-refractivity contribution is 14.1. The molecule has 0 bridgehead atoms. The number of halogens is 2. The Hall–Kier alpha value is -0.100. The smallest absolute Gasteiger partial charge is 0.250 e. The number of hydrogen-bond acceptors (Lipinski definition) is 1. The van der Waals surface area contributed by atoms with E-state index >= 15 is 0 Å². The third-order valence-corrected chi connectivity index (χ3v) is 2.91. The van der Waals surface area contributed by atoms with E-state index in [4.69, 9.17) is 5.73 Å². The number of amides is 1. The van der Waals surface area contributed by atoms with Crippen LogP contribution in [0, 0.1) is 10.5 Å². The van der Waals surface area contributed by atoms with Crippen LogP contribution in [0.25, 0.3) is 0 Å². The van der Waals surface area contributed by atoms with Crippen molar-refractivity contribution in [1.82, 2.24) is 0 Å². The summed E-state index contributed by atoms with van der Waals surface area (Å²) in [7, 11) is 0. The Morgan fingerprint density at radius 1 is 1.58 bits per heavy atom. The average molecular weight is 340 g/mol. The highest BCUT2D eigenvalue weighted by atomic mass is 127. The lowest BCUT2D eigenvalue weighted by atomic mass is 10.1. The van der Waals surface area contributed by atoms with Gasteiger partial charge in [0.1, 0.15) is 0 Å². The molecule has 0 aliphatic heterocycles. The van der Waals surface area contributed by atoms with Crippen molar-refractivity contribution < 1.29 is 4.79 Å². The summed E-state index contributed by atoms with van der Waals surface area (Å²) in [6.07, 6.45) is 0. The number of carbonyl (C=O) groups excluding carboxylic acids is 1. The van der Waals surface area contributed by atoms with Crippen LogP contribution in [0.1, 0.15) is 15.9 Å². The van der Waals surface area contributed by atoms with Crippen LogP contribution in [0.2, 0.25) is 0 Å². The van der Waals surface area contributed by atoms with Gasteiger partial charge < -0.3 is 5.73 Å². The zero-order valence-corrected chi connectivity index (χ0v) is 10.1. The first-order chi connectivity index (χ1) is 5.52.